The molecule has 1 aliphatic heterocycles. The second-order valence-electron chi connectivity index (χ2n) is 10.3. The van der Waals surface area contributed by atoms with Crippen molar-refractivity contribution in [3.05, 3.63) is 22.2 Å². The highest BCUT2D eigenvalue weighted by molar-refractivity contribution is 9.12. The molecule has 4 aliphatic carbocycles. The minimum atomic E-state index is -2.13. The first kappa shape index (κ1) is 22.4. The van der Waals surface area contributed by atoms with Crippen LogP contribution in [-0.2, 0) is 23.9 Å². The highest BCUT2D eigenvalue weighted by Gasteiger charge is 2.83. The number of aliphatic hydroxyl groups is 2. The zero-order chi connectivity index (χ0) is 23.4. The van der Waals surface area contributed by atoms with Gasteiger partial charge in [0.1, 0.15) is 11.8 Å². The van der Waals surface area contributed by atoms with Gasteiger partial charge in [-0.15, -0.1) is 0 Å². The minimum absolute atomic E-state index is 0.0812. The van der Waals surface area contributed by atoms with Gasteiger partial charge >= 0.3 is 5.97 Å². The van der Waals surface area contributed by atoms with E-state index in [1.807, 2.05) is 6.92 Å². The van der Waals surface area contributed by atoms with Crippen LogP contribution >= 0.6 is 15.9 Å². The molecule has 0 unspecified atom stereocenters. The van der Waals surface area contributed by atoms with Crippen molar-refractivity contribution in [1.82, 2.24) is 0 Å². The number of allylic oxidation sites excluding steroid dienone is 2. The van der Waals surface area contributed by atoms with Crippen molar-refractivity contribution in [2.45, 2.75) is 69.6 Å². The number of alkyl halides is 1. The van der Waals surface area contributed by atoms with Crippen molar-refractivity contribution >= 4 is 33.5 Å². The quantitative estimate of drug-likeness (QED) is 0.438. The summed E-state index contributed by atoms with van der Waals surface area (Å²) in [4.78, 5) is 36.4. The second-order valence-corrected chi connectivity index (χ2v) is 11.2. The van der Waals surface area contributed by atoms with E-state index in [-0.39, 0.29) is 37.1 Å². The molecule has 0 aromatic heterocycles. The number of Topliss-reactive ketones (excluding diaryl/α,β-unsaturated/α-hetero) is 1. The lowest BCUT2D eigenvalue weighted by molar-refractivity contribution is -0.178. The van der Waals surface area contributed by atoms with Crippen molar-refractivity contribution in [1.29, 1.82) is 0 Å². The van der Waals surface area contributed by atoms with Crippen LogP contribution in [0.5, 0.6) is 0 Å². The summed E-state index contributed by atoms with van der Waals surface area (Å²) in [6, 6.07) is 0. The van der Waals surface area contributed by atoms with Gasteiger partial charge in [0.2, 0.25) is 5.78 Å². The van der Waals surface area contributed by atoms with Gasteiger partial charge in [0.05, 0.1) is 16.7 Å². The number of rotatable bonds is 3. The molecule has 1 heterocycles. The molecule has 0 aromatic rings. The normalized spacial score (nSPS) is 50.8. The number of hydrogen-bond donors (Lipinski definition) is 2. The Labute approximate surface area is 193 Å². The number of fused-ring (bicyclic) bond motifs is 3. The van der Waals surface area contributed by atoms with Crippen molar-refractivity contribution in [3.8, 4) is 0 Å². The van der Waals surface area contributed by atoms with Gasteiger partial charge in [-0.05, 0) is 65.6 Å². The molecule has 3 saturated carbocycles. The fourth-order valence-electron chi connectivity index (χ4n) is 7.49. The van der Waals surface area contributed by atoms with E-state index in [1.54, 1.807) is 13.0 Å². The third-order valence-electron chi connectivity index (χ3n) is 9.03. The molecule has 4 fully saturated rings. The Balaban J connectivity index is 1.56. The lowest BCUT2D eigenvalue weighted by atomic mass is 9.46. The molecule has 32 heavy (non-hydrogen) atoms. The van der Waals surface area contributed by atoms with Crippen molar-refractivity contribution in [2.24, 2.45) is 22.7 Å². The summed E-state index contributed by atoms with van der Waals surface area (Å²) in [5.41, 5.74) is -4.45. The Morgan fingerprint density at radius 2 is 2.00 bits per heavy atom. The number of ketones is 2. The minimum Gasteiger partial charge on any atom is -0.458 e. The van der Waals surface area contributed by atoms with Crippen LogP contribution in [0.15, 0.2) is 22.2 Å². The van der Waals surface area contributed by atoms with Crippen LogP contribution in [0.1, 0.15) is 40.0 Å². The van der Waals surface area contributed by atoms with Crippen LogP contribution < -0.4 is 0 Å². The summed E-state index contributed by atoms with van der Waals surface area (Å²) in [5, 5.41) is 22.4. The number of esters is 1. The second kappa shape index (κ2) is 6.58. The molecule has 2 N–H and O–H groups in total. The molecular weight excluding hydrogens is 487 g/mol. The van der Waals surface area contributed by atoms with Gasteiger partial charge in [0, 0.05) is 17.8 Å². The van der Waals surface area contributed by atoms with Gasteiger partial charge in [-0.1, -0.05) is 13.0 Å². The van der Waals surface area contributed by atoms with Crippen molar-refractivity contribution in [3.63, 3.8) is 0 Å². The zero-order valence-electron chi connectivity index (χ0n) is 18.1. The molecule has 1 saturated heterocycles. The molecule has 174 valence electrons. The number of carbonyl (C=O) groups excluding carboxylic acids is 3. The van der Waals surface area contributed by atoms with Gasteiger partial charge < -0.3 is 19.7 Å². The van der Waals surface area contributed by atoms with Gasteiger partial charge in [0.15, 0.2) is 18.0 Å². The number of hydrogen-bond acceptors (Lipinski definition) is 7. The first-order valence-corrected chi connectivity index (χ1v) is 11.7. The van der Waals surface area contributed by atoms with Crippen molar-refractivity contribution < 1.29 is 38.5 Å². The lowest BCUT2D eigenvalue weighted by Gasteiger charge is -2.56. The van der Waals surface area contributed by atoms with Gasteiger partial charge in [-0.3, -0.25) is 14.4 Å². The average Bonchev–Trinajstić information content (AvgIpc) is 3.39. The van der Waals surface area contributed by atoms with Crippen LogP contribution in [0, 0.1) is 22.7 Å². The first-order chi connectivity index (χ1) is 14.8. The number of halogens is 2. The van der Waals surface area contributed by atoms with Gasteiger partial charge in [-0.2, -0.15) is 0 Å². The molecule has 0 radical (unpaired) electrons. The Bertz CT molecular complexity index is 1010. The maximum atomic E-state index is 15.5. The maximum Gasteiger partial charge on any atom is 0.303 e. The summed E-state index contributed by atoms with van der Waals surface area (Å²) in [7, 11) is 0. The Hall–Kier alpha value is -1.42. The monoisotopic (exact) mass is 512 g/mol. The van der Waals surface area contributed by atoms with Gasteiger partial charge in [-0.25, -0.2) is 4.39 Å². The molecule has 0 aromatic carbocycles. The number of ether oxygens (including phenoxy) is 2. The number of aliphatic hydroxyl groups excluding tert-OH is 1. The van der Waals surface area contributed by atoms with Crippen LogP contribution in [0.3, 0.4) is 0 Å². The highest BCUT2D eigenvalue weighted by Crippen LogP contribution is 2.76. The fourth-order valence-corrected chi connectivity index (χ4v) is 8.06. The largest absolute Gasteiger partial charge is 0.458 e. The highest BCUT2D eigenvalue weighted by atomic mass is 79.9. The van der Waals surface area contributed by atoms with Gasteiger partial charge in [0.25, 0.3) is 0 Å². The summed E-state index contributed by atoms with van der Waals surface area (Å²) < 4.78 is 27.0. The molecule has 9 heteroatoms. The fraction of sp³-hybridized carbons (Fsp3) is 0.696. The zero-order valence-corrected chi connectivity index (χ0v) is 19.6. The molecular formula is C23H26BrFO7. The summed E-state index contributed by atoms with van der Waals surface area (Å²) in [5.74, 6) is -2.48. The summed E-state index contributed by atoms with van der Waals surface area (Å²) >= 11 is 3.30. The average molecular weight is 513 g/mol. The molecule has 0 amide bonds. The van der Waals surface area contributed by atoms with Crippen LogP contribution in [-0.4, -0.2) is 63.9 Å². The van der Waals surface area contributed by atoms with Crippen molar-refractivity contribution in [2.75, 3.05) is 6.61 Å². The summed E-state index contributed by atoms with van der Waals surface area (Å²) in [6.45, 7) is 4.13. The van der Waals surface area contributed by atoms with E-state index in [2.05, 4.69) is 15.9 Å². The lowest BCUT2D eigenvalue weighted by Crippen LogP contribution is -2.64. The molecule has 5 aliphatic rings. The van der Waals surface area contributed by atoms with E-state index in [4.69, 9.17) is 9.47 Å². The molecule has 5 rings (SSSR count). The van der Waals surface area contributed by atoms with E-state index in [0.717, 1.165) is 6.92 Å². The SMILES string of the molecule is CC(=O)OCC(=O)[C@@]1(O)[C@H](O)C[C@H]2[C@@H]3C[C@@H](F)C4=CC(=O)C(Br)=C[C@]4(C)[C@@]34O[C@H]4C[C@@]21C. The molecule has 1 spiro atoms. The summed E-state index contributed by atoms with van der Waals surface area (Å²) in [6.07, 6.45) is 0.430. The van der Waals surface area contributed by atoms with Crippen LogP contribution in [0.25, 0.3) is 0 Å². The van der Waals surface area contributed by atoms with E-state index in [1.165, 1.54) is 6.08 Å². The van der Waals surface area contributed by atoms with E-state index < -0.39 is 58.6 Å². The van der Waals surface area contributed by atoms with E-state index >= 15 is 4.39 Å². The standard InChI is InChI=1S/C23H26BrFO7/c1-10(26)31-9-18(29)22(30)17(28)6-11-12-4-15(25)13-5-16(27)14(24)7-21(13,3)23(12)19(32-23)8-20(11,22)2/h5,7,11-12,15,17,19,28,30H,4,6,8-9H2,1-3H3/t11-,12-,15+,17+,19-,20-,21-,22-,23+/m0/s1. The molecule has 9 atom stereocenters. The number of carbonyl (C=O) groups is 3. The predicted octanol–water partition coefficient (Wildman–Crippen LogP) is 1.93. The number of epoxide rings is 1. The Morgan fingerprint density at radius 3 is 2.66 bits per heavy atom. The van der Waals surface area contributed by atoms with Crippen LogP contribution in [0.2, 0.25) is 0 Å². The van der Waals surface area contributed by atoms with Crippen LogP contribution in [0.4, 0.5) is 4.39 Å². The molecule has 7 nitrogen and oxygen atoms in total. The Kier molecular flexibility index (Phi) is 4.60. The Morgan fingerprint density at radius 1 is 1.31 bits per heavy atom. The smallest absolute Gasteiger partial charge is 0.303 e. The first-order valence-electron chi connectivity index (χ1n) is 10.9. The van der Waals surface area contributed by atoms with E-state index in [9.17, 15) is 24.6 Å². The predicted molar refractivity (Wildman–Crippen MR) is 112 cm³/mol. The third kappa shape index (κ3) is 2.43. The molecule has 0 bridgehead atoms. The van der Waals surface area contributed by atoms with E-state index in [0.29, 0.717) is 10.1 Å². The third-order valence-corrected chi connectivity index (χ3v) is 9.65. The topological polar surface area (TPSA) is 113 Å². The maximum absolute atomic E-state index is 15.5.